The van der Waals surface area contributed by atoms with Crippen LogP contribution in [-0.2, 0) is 4.79 Å². The van der Waals surface area contributed by atoms with Gasteiger partial charge in [-0.05, 0) is 0 Å². The number of hydrogen-bond donors (Lipinski definition) is 1. The Morgan fingerprint density at radius 3 is 2.33 bits per heavy atom. The van der Waals surface area contributed by atoms with Crippen LogP contribution in [0.2, 0.25) is 0 Å². The van der Waals surface area contributed by atoms with E-state index in [0.29, 0.717) is 0 Å². The van der Waals surface area contributed by atoms with Crippen LogP contribution in [0.5, 0.6) is 0 Å². The van der Waals surface area contributed by atoms with E-state index < -0.39 is 5.92 Å². The first-order chi connectivity index (χ1) is 5.55. The van der Waals surface area contributed by atoms with Gasteiger partial charge in [0.25, 0.3) is 5.92 Å². The van der Waals surface area contributed by atoms with Crippen LogP contribution in [-0.4, -0.2) is 35.6 Å². The van der Waals surface area contributed by atoms with Crippen LogP contribution in [0.15, 0.2) is 0 Å². The molecule has 1 saturated heterocycles. The predicted molar refractivity (Wildman–Crippen MR) is 44.6 cm³/mol. The number of amides is 1. The molecule has 0 N–H and O–H groups in total. The molecule has 0 saturated carbocycles. The van der Waals surface area contributed by atoms with Crippen LogP contribution >= 0.6 is 12.6 Å². The fraction of sp³-hybridized carbons (Fsp3) is 0.857. The Morgan fingerprint density at radius 2 is 1.92 bits per heavy atom. The first-order valence-electron chi connectivity index (χ1n) is 3.82. The SMILES string of the molecule is O=C(CS)N1CCC(F)(F)CC1. The minimum atomic E-state index is -2.58. The van der Waals surface area contributed by atoms with Crippen molar-refractivity contribution in [2.45, 2.75) is 18.8 Å². The van der Waals surface area contributed by atoms with E-state index >= 15 is 0 Å². The molecule has 5 heteroatoms. The number of hydrogen-bond acceptors (Lipinski definition) is 2. The van der Waals surface area contributed by atoms with Gasteiger partial charge in [-0.25, -0.2) is 8.78 Å². The van der Waals surface area contributed by atoms with Crippen LogP contribution in [0.25, 0.3) is 0 Å². The number of likely N-dealkylation sites (tertiary alicyclic amines) is 1. The zero-order valence-electron chi connectivity index (χ0n) is 6.59. The molecule has 1 aliphatic rings. The molecule has 1 aliphatic heterocycles. The lowest BCUT2D eigenvalue weighted by atomic mass is 10.1. The van der Waals surface area contributed by atoms with E-state index in [1.54, 1.807) is 0 Å². The number of nitrogens with zero attached hydrogens (tertiary/aromatic N) is 1. The summed E-state index contributed by atoms with van der Waals surface area (Å²) in [6, 6.07) is 0. The van der Waals surface area contributed by atoms with Crippen LogP contribution < -0.4 is 0 Å². The second-order valence-electron chi connectivity index (χ2n) is 2.89. The van der Waals surface area contributed by atoms with Crippen molar-refractivity contribution in [2.24, 2.45) is 0 Å². The molecule has 0 aromatic rings. The largest absolute Gasteiger partial charge is 0.342 e. The molecule has 0 atom stereocenters. The van der Waals surface area contributed by atoms with Crippen molar-refractivity contribution in [3.05, 3.63) is 0 Å². The van der Waals surface area contributed by atoms with Gasteiger partial charge in [-0.15, -0.1) is 0 Å². The quantitative estimate of drug-likeness (QED) is 0.623. The third-order valence-electron chi connectivity index (χ3n) is 1.98. The first-order valence-corrected chi connectivity index (χ1v) is 4.45. The van der Waals surface area contributed by atoms with Crippen molar-refractivity contribution >= 4 is 18.5 Å². The molecule has 0 unspecified atom stereocenters. The number of carbonyl (C=O) groups excluding carboxylic acids is 1. The lowest BCUT2D eigenvalue weighted by Gasteiger charge is -2.31. The highest BCUT2D eigenvalue weighted by molar-refractivity contribution is 7.81. The molecule has 0 aromatic carbocycles. The fourth-order valence-corrected chi connectivity index (χ4v) is 1.38. The zero-order chi connectivity index (χ0) is 9.19. The van der Waals surface area contributed by atoms with Gasteiger partial charge in [0.1, 0.15) is 0 Å². The fourth-order valence-electron chi connectivity index (χ4n) is 1.18. The van der Waals surface area contributed by atoms with E-state index in [4.69, 9.17) is 0 Å². The number of alkyl halides is 2. The Morgan fingerprint density at radius 1 is 1.42 bits per heavy atom. The Hall–Kier alpha value is -0.320. The van der Waals surface area contributed by atoms with Gasteiger partial charge in [-0.1, -0.05) is 0 Å². The summed E-state index contributed by atoms with van der Waals surface area (Å²) in [5, 5.41) is 0. The molecule has 12 heavy (non-hydrogen) atoms. The van der Waals surface area contributed by atoms with Gasteiger partial charge in [0.15, 0.2) is 0 Å². The van der Waals surface area contributed by atoms with E-state index in [-0.39, 0.29) is 37.6 Å². The van der Waals surface area contributed by atoms with Crippen LogP contribution in [0.3, 0.4) is 0 Å². The number of halogens is 2. The minimum Gasteiger partial charge on any atom is -0.342 e. The first kappa shape index (κ1) is 9.77. The van der Waals surface area contributed by atoms with Gasteiger partial charge in [0.05, 0.1) is 5.75 Å². The number of carbonyl (C=O) groups is 1. The second-order valence-corrected chi connectivity index (χ2v) is 3.21. The van der Waals surface area contributed by atoms with Gasteiger partial charge < -0.3 is 4.90 Å². The molecular formula is C7H11F2NOS. The number of thiol groups is 1. The lowest BCUT2D eigenvalue weighted by molar-refractivity contribution is -0.134. The normalized spacial score (nSPS) is 22.4. The molecule has 70 valence electrons. The summed E-state index contributed by atoms with van der Waals surface area (Å²) in [5.41, 5.74) is 0. The Balaban J connectivity index is 2.41. The van der Waals surface area contributed by atoms with Crippen molar-refractivity contribution in [1.82, 2.24) is 4.90 Å². The van der Waals surface area contributed by atoms with E-state index in [1.165, 1.54) is 4.90 Å². The third kappa shape index (κ3) is 2.33. The van der Waals surface area contributed by atoms with Crippen molar-refractivity contribution < 1.29 is 13.6 Å². The second kappa shape index (κ2) is 3.60. The van der Waals surface area contributed by atoms with Gasteiger partial charge in [-0.3, -0.25) is 4.79 Å². The van der Waals surface area contributed by atoms with Crippen molar-refractivity contribution in [3.8, 4) is 0 Å². The third-order valence-corrected chi connectivity index (χ3v) is 2.25. The summed E-state index contributed by atoms with van der Waals surface area (Å²) in [7, 11) is 0. The summed E-state index contributed by atoms with van der Waals surface area (Å²) in [6.07, 6.45) is -0.432. The average molecular weight is 195 g/mol. The highest BCUT2D eigenvalue weighted by atomic mass is 32.1. The van der Waals surface area contributed by atoms with Crippen molar-refractivity contribution in [1.29, 1.82) is 0 Å². The minimum absolute atomic E-state index is 0.103. The molecule has 0 bridgehead atoms. The Bertz CT molecular complexity index is 176. The summed E-state index contributed by atoms with van der Waals surface area (Å²) >= 11 is 3.79. The highest BCUT2D eigenvalue weighted by Gasteiger charge is 2.35. The summed E-state index contributed by atoms with van der Waals surface area (Å²) < 4.78 is 25.2. The lowest BCUT2D eigenvalue weighted by Crippen LogP contribution is -2.43. The Labute approximate surface area is 75.3 Å². The molecule has 1 fully saturated rings. The van der Waals surface area contributed by atoms with E-state index in [9.17, 15) is 13.6 Å². The molecule has 0 spiro atoms. The van der Waals surface area contributed by atoms with Crippen LogP contribution in [0.4, 0.5) is 8.78 Å². The van der Waals surface area contributed by atoms with E-state index in [0.717, 1.165) is 0 Å². The summed E-state index contributed by atoms with van der Waals surface area (Å²) in [5.74, 6) is -2.63. The van der Waals surface area contributed by atoms with Gasteiger partial charge in [0, 0.05) is 25.9 Å². The Kier molecular flexibility index (Phi) is 2.93. The monoisotopic (exact) mass is 195 g/mol. The van der Waals surface area contributed by atoms with Crippen molar-refractivity contribution in [3.63, 3.8) is 0 Å². The highest BCUT2D eigenvalue weighted by Crippen LogP contribution is 2.27. The molecule has 1 heterocycles. The maximum absolute atomic E-state index is 12.6. The van der Waals surface area contributed by atoms with E-state index in [2.05, 4.69) is 12.6 Å². The molecule has 0 aliphatic carbocycles. The maximum atomic E-state index is 12.6. The van der Waals surface area contributed by atoms with Crippen LogP contribution in [0, 0.1) is 0 Å². The number of rotatable bonds is 1. The predicted octanol–water partition coefficient (Wildman–Crippen LogP) is 1.17. The van der Waals surface area contributed by atoms with Gasteiger partial charge >= 0.3 is 0 Å². The van der Waals surface area contributed by atoms with Gasteiger partial charge in [-0.2, -0.15) is 12.6 Å². The summed E-state index contributed by atoms with van der Waals surface area (Å²) in [4.78, 5) is 12.4. The van der Waals surface area contributed by atoms with E-state index in [1.807, 2.05) is 0 Å². The molecule has 0 aromatic heterocycles. The zero-order valence-corrected chi connectivity index (χ0v) is 7.49. The smallest absolute Gasteiger partial charge is 0.251 e. The van der Waals surface area contributed by atoms with Crippen LogP contribution in [0.1, 0.15) is 12.8 Å². The number of piperidine rings is 1. The average Bonchev–Trinajstić information content (AvgIpc) is 2.03. The van der Waals surface area contributed by atoms with Crippen molar-refractivity contribution in [2.75, 3.05) is 18.8 Å². The molecular weight excluding hydrogens is 184 g/mol. The summed E-state index contributed by atoms with van der Waals surface area (Å²) in [6.45, 7) is 0.318. The van der Waals surface area contributed by atoms with Gasteiger partial charge in [0.2, 0.25) is 5.91 Å². The molecule has 1 rings (SSSR count). The standard InChI is InChI=1S/C7H11F2NOS/c8-7(9)1-3-10(4-2-7)6(11)5-12/h12H,1-5H2. The molecule has 0 radical (unpaired) electrons. The molecule has 1 amide bonds. The maximum Gasteiger partial charge on any atom is 0.251 e. The molecule has 2 nitrogen and oxygen atoms in total. The topological polar surface area (TPSA) is 20.3 Å².